The normalized spacial score (nSPS) is 20.9. The SMILES string of the molecule is O=C(NCC1CN(c2ncnc3nc[nH]c23)CCO1)C1=CCCCO1. The highest BCUT2D eigenvalue weighted by Crippen LogP contribution is 2.21. The monoisotopic (exact) mass is 344 g/mol. The van der Waals surface area contributed by atoms with Gasteiger partial charge in [0.25, 0.3) is 5.91 Å². The Labute approximate surface area is 144 Å². The fourth-order valence-corrected chi connectivity index (χ4v) is 3.04. The number of carbonyl (C=O) groups excluding carboxylic acids is 1. The number of imidazole rings is 1. The minimum atomic E-state index is -0.182. The van der Waals surface area contributed by atoms with Gasteiger partial charge in [0.15, 0.2) is 17.2 Å². The third kappa shape index (κ3) is 3.41. The van der Waals surface area contributed by atoms with Gasteiger partial charge in [-0.2, -0.15) is 0 Å². The van der Waals surface area contributed by atoms with E-state index in [1.165, 1.54) is 6.33 Å². The summed E-state index contributed by atoms with van der Waals surface area (Å²) in [7, 11) is 0. The molecule has 1 atom stereocenters. The molecule has 1 amide bonds. The van der Waals surface area contributed by atoms with Gasteiger partial charge in [0.05, 0.1) is 25.6 Å². The highest BCUT2D eigenvalue weighted by molar-refractivity contribution is 5.91. The molecule has 2 aromatic rings. The van der Waals surface area contributed by atoms with Gasteiger partial charge in [0.2, 0.25) is 0 Å². The van der Waals surface area contributed by atoms with E-state index in [4.69, 9.17) is 9.47 Å². The second kappa shape index (κ2) is 7.06. The highest BCUT2D eigenvalue weighted by atomic mass is 16.5. The molecular formula is C16H20N6O3. The Morgan fingerprint density at radius 2 is 2.32 bits per heavy atom. The summed E-state index contributed by atoms with van der Waals surface area (Å²) in [5.74, 6) is 1.03. The van der Waals surface area contributed by atoms with Crippen molar-refractivity contribution in [1.29, 1.82) is 0 Å². The molecule has 0 aliphatic carbocycles. The maximum Gasteiger partial charge on any atom is 0.286 e. The van der Waals surface area contributed by atoms with Gasteiger partial charge in [-0.3, -0.25) is 4.79 Å². The van der Waals surface area contributed by atoms with Crippen molar-refractivity contribution in [3.8, 4) is 0 Å². The van der Waals surface area contributed by atoms with Crippen LogP contribution in [0, 0.1) is 0 Å². The fraction of sp³-hybridized carbons (Fsp3) is 0.500. The number of morpholine rings is 1. The molecule has 1 unspecified atom stereocenters. The first-order valence-electron chi connectivity index (χ1n) is 8.43. The Bertz CT molecular complexity index is 789. The number of aromatic amines is 1. The summed E-state index contributed by atoms with van der Waals surface area (Å²) < 4.78 is 11.2. The van der Waals surface area contributed by atoms with Crippen molar-refractivity contribution in [2.75, 3.05) is 37.7 Å². The molecule has 9 heteroatoms. The van der Waals surface area contributed by atoms with Crippen molar-refractivity contribution < 1.29 is 14.3 Å². The number of aromatic nitrogens is 4. The van der Waals surface area contributed by atoms with E-state index < -0.39 is 0 Å². The number of nitrogens with zero attached hydrogens (tertiary/aromatic N) is 4. The topological polar surface area (TPSA) is 105 Å². The molecule has 0 spiro atoms. The molecule has 0 saturated carbocycles. The van der Waals surface area contributed by atoms with Gasteiger partial charge in [-0.05, 0) is 18.9 Å². The minimum absolute atomic E-state index is 0.116. The molecule has 4 rings (SSSR count). The van der Waals surface area contributed by atoms with E-state index >= 15 is 0 Å². The second-order valence-corrected chi connectivity index (χ2v) is 6.01. The molecule has 2 N–H and O–H groups in total. The van der Waals surface area contributed by atoms with E-state index in [-0.39, 0.29) is 12.0 Å². The minimum Gasteiger partial charge on any atom is -0.488 e. The van der Waals surface area contributed by atoms with Gasteiger partial charge in [-0.1, -0.05) is 0 Å². The predicted molar refractivity (Wildman–Crippen MR) is 89.9 cm³/mol. The molecule has 2 aliphatic heterocycles. The number of anilines is 1. The standard InChI is InChI=1S/C16H20N6O3/c23-16(12-3-1-2-5-25-12)17-7-11-8-22(4-6-24-11)15-13-14(19-9-18-13)20-10-21-15/h3,9-11H,1-2,4-8H2,(H,17,23)(H,18,19,20,21). The van der Waals surface area contributed by atoms with Crippen molar-refractivity contribution >= 4 is 22.9 Å². The summed E-state index contributed by atoms with van der Waals surface area (Å²) in [5.41, 5.74) is 1.45. The van der Waals surface area contributed by atoms with Gasteiger partial charge in [0, 0.05) is 19.6 Å². The summed E-state index contributed by atoms with van der Waals surface area (Å²) in [5, 5.41) is 2.89. The molecule has 132 valence electrons. The van der Waals surface area contributed by atoms with Crippen LogP contribution in [0.1, 0.15) is 12.8 Å². The van der Waals surface area contributed by atoms with Gasteiger partial charge in [-0.25, -0.2) is 15.0 Å². The quantitative estimate of drug-likeness (QED) is 0.825. The van der Waals surface area contributed by atoms with Crippen LogP contribution in [-0.4, -0.2) is 64.8 Å². The lowest BCUT2D eigenvalue weighted by atomic mass is 10.2. The third-order valence-corrected chi connectivity index (χ3v) is 4.29. The molecule has 25 heavy (non-hydrogen) atoms. The van der Waals surface area contributed by atoms with Crippen LogP contribution in [0.3, 0.4) is 0 Å². The van der Waals surface area contributed by atoms with Gasteiger partial charge >= 0.3 is 0 Å². The van der Waals surface area contributed by atoms with Gasteiger partial charge in [-0.15, -0.1) is 0 Å². The van der Waals surface area contributed by atoms with E-state index in [0.717, 1.165) is 30.7 Å². The fourth-order valence-electron chi connectivity index (χ4n) is 3.04. The molecule has 0 radical (unpaired) electrons. The number of allylic oxidation sites excluding steroid dienone is 1. The van der Waals surface area contributed by atoms with Crippen molar-refractivity contribution in [2.45, 2.75) is 18.9 Å². The van der Waals surface area contributed by atoms with Crippen LogP contribution in [0.5, 0.6) is 0 Å². The van der Waals surface area contributed by atoms with Gasteiger partial charge in [0.1, 0.15) is 11.8 Å². The Balaban J connectivity index is 1.39. The lowest BCUT2D eigenvalue weighted by Gasteiger charge is -2.33. The molecule has 2 aliphatic rings. The number of H-pyrrole nitrogens is 1. The number of ether oxygens (including phenoxy) is 2. The maximum atomic E-state index is 12.1. The number of carbonyl (C=O) groups is 1. The summed E-state index contributed by atoms with van der Waals surface area (Å²) in [4.78, 5) is 30.0. The first kappa shape index (κ1) is 15.8. The molecule has 4 heterocycles. The zero-order valence-electron chi connectivity index (χ0n) is 13.8. The van der Waals surface area contributed by atoms with Crippen molar-refractivity contribution in [1.82, 2.24) is 25.3 Å². The van der Waals surface area contributed by atoms with Crippen molar-refractivity contribution in [3.63, 3.8) is 0 Å². The number of fused-ring (bicyclic) bond motifs is 1. The van der Waals surface area contributed by atoms with Crippen LogP contribution in [0.25, 0.3) is 11.2 Å². The average molecular weight is 344 g/mol. The number of hydrogen-bond donors (Lipinski definition) is 2. The lowest BCUT2D eigenvalue weighted by molar-refractivity contribution is -0.121. The molecule has 0 aromatic carbocycles. The Kier molecular flexibility index (Phi) is 4.47. The summed E-state index contributed by atoms with van der Waals surface area (Å²) in [6.45, 7) is 2.95. The van der Waals surface area contributed by atoms with Gasteiger partial charge < -0.3 is 24.7 Å². The molecule has 1 saturated heterocycles. The molecule has 9 nitrogen and oxygen atoms in total. The molecule has 0 bridgehead atoms. The largest absolute Gasteiger partial charge is 0.488 e. The van der Waals surface area contributed by atoms with E-state index in [1.54, 1.807) is 6.33 Å². The summed E-state index contributed by atoms with van der Waals surface area (Å²) in [6, 6.07) is 0. The molecule has 1 fully saturated rings. The predicted octanol–water partition coefficient (Wildman–Crippen LogP) is 0.369. The highest BCUT2D eigenvalue weighted by Gasteiger charge is 2.25. The number of rotatable bonds is 4. The van der Waals surface area contributed by atoms with Crippen molar-refractivity contribution in [2.24, 2.45) is 0 Å². The maximum absolute atomic E-state index is 12.1. The van der Waals surface area contributed by atoms with Crippen LogP contribution >= 0.6 is 0 Å². The Hall–Kier alpha value is -2.68. The second-order valence-electron chi connectivity index (χ2n) is 6.01. The van der Waals surface area contributed by atoms with E-state index in [0.29, 0.717) is 37.7 Å². The Morgan fingerprint density at radius 1 is 1.36 bits per heavy atom. The zero-order valence-corrected chi connectivity index (χ0v) is 13.8. The third-order valence-electron chi connectivity index (χ3n) is 4.29. The summed E-state index contributed by atoms with van der Waals surface area (Å²) >= 11 is 0. The lowest BCUT2D eigenvalue weighted by Crippen LogP contribution is -2.48. The molecule has 2 aromatic heterocycles. The van der Waals surface area contributed by atoms with Crippen LogP contribution in [0.2, 0.25) is 0 Å². The van der Waals surface area contributed by atoms with E-state index in [1.807, 2.05) is 6.08 Å². The average Bonchev–Trinajstić information content (AvgIpc) is 3.16. The number of hydrogen-bond acceptors (Lipinski definition) is 7. The van der Waals surface area contributed by atoms with Crippen LogP contribution in [0.4, 0.5) is 5.82 Å². The van der Waals surface area contributed by atoms with E-state index in [9.17, 15) is 4.79 Å². The molecular weight excluding hydrogens is 324 g/mol. The Morgan fingerprint density at radius 3 is 3.20 bits per heavy atom. The van der Waals surface area contributed by atoms with Crippen LogP contribution in [-0.2, 0) is 14.3 Å². The van der Waals surface area contributed by atoms with Crippen LogP contribution < -0.4 is 10.2 Å². The van der Waals surface area contributed by atoms with Crippen molar-refractivity contribution in [3.05, 3.63) is 24.5 Å². The first-order chi connectivity index (χ1) is 12.3. The summed E-state index contributed by atoms with van der Waals surface area (Å²) in [6.07, 6.45) is 6.68. The zero-order chi connectivity index (χ0) is 17.1. The first-order valence-corrected chi connectivity index (χ1v) is 8.43. The smallest absolute Gasteiger partial charge is 0.286 e. The number of nitrogens with one attached hydrogen (secondary N) is 2. The number of amides is 1. The van der Waals surface area contributed by atoms with Crippen LogP contribution in [0.15, 0.2) is 24.5 Å². The van der Waals surface area contributed by atoms with E-state index in [2.05, 4.69) is 30.2 Å².